The van der Waals surface area contributed by atoms with Crippen LogP contribution in [0.25, 0.3) is 0 Å². The zero-order chi connectivity index (χ0) is 11.9. The minimum atomic E-state index is -0.234. The predicted octanol–water partition coefficient (Wildman–Crippen LogP) is 3.12. The van der Waals surface area contributed by atoms with Gasteiger partial charge < -0.3 is 9.47 Å². The second-order valence-corrected chi connectivity index (χ2v) is 7.28. The first-order chi connectivity index (χ1) is 7.79. The van der Waals surface area contributed by atoms with Crippen molar-refractivity contribution >= 4 is 9.52 Å². The topological polar surface area (TPSA) is 18.5 Å². The van der Waals surface area contributed by atoms with Gasteiger partial charge in [0.25, 0.3) is 0 Å². The fourth-order valence-electron chi connectivity index (χ4n) is 2.99. The lowest BCUT2D eigenvalue weighted by molar-refractivity contribution is -0.216. The van der Waals surface area contributed by atoms with Crippen molar-refractivity contribution in [1.29, 1.82) is 0 Å². The molecule has 0 radical (unpaired) electrons. The molecule has 0 aromatic carbocycles. The maximum absolute atomic E-state index is 5.79. The maximum atomic E-state index is 5.79. The van der Waals surface area contributed by atoms with Crippen molar-refractivity contribution in [1.82, 2.24) is 0 Å². The summed E-state index contributed by atoms with van der Waals surface area (Å²) in [4.78, 5) is 0. The first kappa shape index (κ1) is 14.2. The second kappa shape index (κ2) is 7.46. The van der Waals surface area contributed by atoms with E-state index in [4.69, 9.17) is 9.47 Å². The molecule has 1 fully saturated rings. The Bertz CT molecular complexity index is 175. The zero-order valence-corrected chi connectivity index (χ0v) is 12.7. The Morgan fingerprint density at radius 3 is 2.44 bits per heavy atom. The van der Waals surface area contributed by atoms with E-state index in [1.165, 1.54) is 44.6 Å². The highest BCUT2D eigenvalue weighted by molar-refractivity contribution is 6.38. The lowest BCUT2D eigenvalue weighted by atomic mass is 9.99. The van der Waals surface area contributed by atoms with E-state index in [0.29, 0.717) is 0 Å². The number of methoxy groups -OCH3 is 2. The molecule has 0 saturated carbocycles. The highest BCUT2D eigenvalue weighted by Crippen LogP contribution is 2.39. The minimum Gasteiger partial charge on any atom is -0.353 e. The monoisotopic (exact) mass is 244 g/mol. The van der Waals surface area contributed by atoms with Crippen molar-refractivity contribution in [2.45, 2.75) is 69.2 Å². The van der Waals surface area contributed by atoms with Crippen LogP contribution in [-0.4, -0.2) is 29.5 Å². The molecule has 1 heterocycles. The molecule has 1 unspecified atom stereocenters. The van der Waals surface area contributed by atoms with Crippen molar-refractivity contribution in [2.75, 3.05) is 14.2 Å². The molecule has 0 N–H and O–H groups in total. The van der Waals surface area contributed by atoms with Crippen LogP contribution in [-0.2, 0) is 9.47 Å². The van der Waals surface area contributed by atoms with E-state index in [1.54, 1.807) is 0 Å². The van der Waals surface area contributed by atoms with E-state index in [2.05, 4.69) is 6.92 Å². The molecule has 0 spiro atoms. The molecule has 0 amide bonds. The molecule has 16 heavy (non-hydrogen) atoms. The summed E-state index contributed by atoms with van der Waals surface area (Å²) in [5.41, 5.74) is 0.744. The number of rotatable bonds is 7. The third-order valence-corrected chi connectivity index (χ3v) is 6.68. The SMILES string of the molecule is CCCCCC(OC)(OC)C1CCCC[SiH2]1. The largest absolute Gasteiger partial charge is 0.353 e. The van der Waals surface area contributed by atoms with E-state index in [1.807, 2.05) is 14.2 Å². The Morgan fingerprint density at radius 2 is 1.94 bits per heavy atom. The van der Waals surface area contributed by atoms with Gasteiger partial charge in [-0.05, 0) is 12.8 Å². The third-order valence-electron chi connectivity index (χ3n) is 4.05. The first-order valence-corrected chi connectivity index (χ1v) is 8.71. The highest BCUT2D eigenvalue weighted by atomic mass is 28.2. The van der Waals surface area contributed by atoms with Crippen LogP contribution in [0.15, 0.2) is 0 Å². The van der Waals surface area contributed by atoms with Gasteiger partial charge in [0.1, 0.15) is 0 Å². The Kier molecular flexibility index (Phi) is 6.62. The van der Waals surface area contributed by atoms with Crippen molar-refractivity contribution in [3.05, 3.63) is 0 Å². The number of ether oxygens (including phenoxy) is 2. The zero-order valence-electron chi connectivity index (χ0n) is 11.3. The van der Waals surface area contributed by atoms with Crippen LogP contribution in [0.3, 0.4) is 0 Å². The van der Waals surface area contributed by atoms with Gasteiger partial charge in [-0.3, -0.25) is 0 Å². The Balaban J connectivity index is 2.54. The predicted molar refractivity (Wildman–Crippen MR) is 71.8 cm³/mol. The molecule has 1 aliphatic heterocycles. The normalized spacial score (nSPS) is 23.8. The quantitative estimate of drug-likeness (QED) is 0.389. The lowest BCUT2D eigenvalue weighted by Gasteiger charge is -2.40. The molecule has 1 aliphatic rings. The minimum absolute atomic E-state index is 0.0121. The lowest BCUT2D eigenvalue weighted by Crippen LogP contribution is -2.42. The Morgan fingerprint density at radius 1 is 1.19 bits per heavy atom. The van der Waals surface area contributed by atoms with Crippen LogP contribution >= 0.6 is 0 Å². The second-order valence-electron chi connectivity index (χ2n) is 5.01. The fourth-order valence-corrected chi connectivity index (χ4v) is 5.68. The standard InChI is InChI=1S/C13H28O2Si/c1-4-5-7-10-13(14-2,15-3)12-9-6-8-11-16-12/h12H,4-11,16H2,1-3H3. The summed E-state index contributed by atoms with van der Waals surface area (Å²) >= 11 is 0. The van der Waals surface area contributed by atoms with Gasteiger partial charge in [-0.25, -0.2) is 0 Å². The third kappa shape index (κ3) is 3.57. The summed E-state index contributed by atoms with van der Waals surface area (Å²) in [5.74, 6) is -0.234. The van der Waals surface area contributed by atoms with Gasteiger partial charge in [-0.2, -0.15) is 0 Å². The molecular formula is C13H28O2Si. The van der Waals surface area contributed by atoms with Gasteiger partial charge in [0.2, 0.25) is 0 Å². The molecule has 0 aromatic heterocycles. The van der Waals surface area contributed by atoms with Crippen LogP contribution in [0.5, 0.6) is 0 Å². The van der Waals surface area contributed by atoms with Gasteiger partial charge in [0.15, 0.2) is 5.79 Å². The molecule has 96 valence electrons. The first-order valence-electron chi connectivity index (χ1n) is 6.89. The van der Waals surface area contributed by atoms with Crippen molar-refractivity contribution in [2.24, 2.45) is 0 Å². The van der Waals surface area contributed by atoms with Crippen LogP contribution in [0.1, 0.15) is 51.9 Å². The van der Waals surface area contributed by atoms with E-state index in [9.17, 15) is 0 Å². The molecule has 1 atom stereocenters. The maximum Gasteiger partial charge on any atom is 0.167 e. The van der Waals surface area contributed by atoms with E-state index >= 15 is 0 Å². The van der Waals surface area contributed by atoms with Crippen molar-refractivity contribution in [3.8, 4) is 0 Å². The summed E-state index contributed by atoms with van der Waals surface area (Å²) in [5, 5.41) is 0. The summed E-state index contributed by atoms with van der Waals surface area (Å²) in [6.45, 7) is 2.25. The van der Waals surface area contributed by atoms with Crippen LogP contribution in [0.4, 0.5) is 0 Å². The summed E-state index contributed by atoms with van der Waals surface area (Å²) in [6.07, 6.45) is 9.05. The average molecular weight is 244 g/mol. The molecule has 0 aliphatic carbocycles. The van der Waals surface area contributed by atoms with Crippen LogP contribution in [0, 0.1) is 0 Å². The molecule has 1 saturated heterocycles. The molecule has 0 bridgehead atoms. The number of unbranched alkanes of at least 4 members (excludes halogenated alkanes) is 2. The Hall–Kier alpha value is 0.137. The summed E-state index contributed by atoms with van der Waals surface area (Å²) in [7, 11) is 3.68. The highest BCUT2D eigenvalue weighted by Gasteiger charge is 2.39. The van der Waals surface area contributed by atoms with E-state index in [0.717, 1.165) is 12.0 Å². The molecular weight excluding hydrogens is 216 g/mol. The fraction of sp³-hybridized carbons (Fsp3) is 1.00. The van der Waals surface area contributed by atoms with Crippen LogP contribution < -0.4 is 0 Å². The summed E-state index contributed by atoms with van der Waals surface area (Å²) in [6, 6.07) is 1.48. The van der Waals surface area contributed by atoms with Crippen molar-refractivity contribution in [3.63, 3.8) is 0 Å². The smallest absolute Gasteiger partial charge is 0.167 e. The van der Waals surface area contributed by atoms with Gasteiger partial charge in [0, 0.05) is 35.7 Å². The van der Waals surface area contributed by atoms with Gasteiger partial charge in [-0.15, -0.1) is 0 Å². The van der Waals surface area contributed by atoms with E-state index in [-0.39, 0.29) is 15.3 Å². The summed E-state index contributed by atoms with van der Waals surface area (Å²) < 4.78 is 11.6. The van der Waals surface area contributed by atoms with Crippen molar-refractivity contribution < 1.29 is 9.47 Å². The molecule has 1 rings (SSSR count). The molecule has 3 heteroatoms. The Labute approximate surface area is 103 Å². The van der Waals surface area contributed by atoms with Gasteiger partial charge in [0.05, 0.1) is 0 Å². The average Bonchev–Trinajstić information content (AvgIpc) is 2.36. The van der Waals surface area contributed by atoms with Gasteiger partial charge in [-0.1, -0.05) is 38.7 Å². The van der Waals surface area contributed by atoms with Crippen LogP contribution in [0.2, 0.25) is 11.6 Å². The number of hydrogen-bond acceptors (Lipinski definition) is 2. The molecule has 2 nitrogen and oxygen atoms in total. The van der Waals surface area contributed by atoms with Gasteiger partial charge >= 0.3 is 0 Å². The number of hydrogen-bond donors (Lipinski definition) is 0. The van der Waals surface area contributed by atoms with E-state index < -0.39 is 0 Å². The molecule has 0 aromatic rings.